The molecular weight excluding hydrogens is 348 g/mol. The van der Waals surface area contributed by atoms with Crippen molar-refractivity contribution in [3.8, 4) is 0 Å². The van der Waals surface area contributed by atoms with Gasteiger partial charge in [0.15, 0.2) is 0 Å². The van der Waals surface area contributed by atoms with Gasteiger partial charge < -0.3 is 9.90 Å². The molecule has 1 N–H and O–H groups in total. The molecule has 14 heavy (non-hydrogen) atoms. The maximum Gasteiger partial charge on any atom is 0.247 e. The summed E-state index contributed by atoms with van der Waals surface area (Å²) in [5, 5.41) is 10.6. The molecule has 2 rings (SSSR count). The van der Waals surface area contributed by atoms with Crippen molar-refractivity contribution in [3.63, 3.8) is 0 Å². The van der Waals surface area contributed by atoms with Gasteiger partial charge in [0.1, 0.15) is 0 Å². The van der Waals surface area contributed by atoms with E-state index in [2.05, 4.69) is 6.07 Å². The van der Waals surface area contributed by atoms with Gasteiger partial charge in [0.25, 0.3) is 0 Å². The summed E-state index contributed by atoms with van der Waals surface area (Å²) in [5.74, 6) is -0.939. The minimum Gasteiger partial charge on any atom is -0.521 e. The van der Waals surface area contributed by atoms with E-state index in [4.69, 9.17) is 5.11 Å². The summed E-state index contributed by atoms with van der Waals surface area (Å²) in [6.45, 7) is 0. The number of fused-ring (bicyclic) bond motifs is 1. The van der Waals surface area contributed by atoms with Crippen LogP contribution in [-0.4, -0.2) is 11.1 Å². The van der Waals surface area contributed by atoms with E-state index in [0.717, 1.165) is 10.8 Å². The number of carboxylic acids is 1. The van der Waals surface area contributed by atoms with Crippen molar-refractivity contribution in [2.45, 2.75) is 0 Å². The quantitative estimate of drug-likeness (QED) is 0.798. The average molecular weight is 355 g/mol. The van der Waals surface area contributed by atoms with Crippen LogP contribution in [-0.2, 0) is 21.1 Å². The van der Waals surface area contributed by atoms with E-state index in [1.165, 1.54) is 0 Å². The van der Waals surface area contributed by atoms with Crippen LogP contribution in [0.25, 0.3) is 10.8 Å². The fourth-order valence-corrected chi connectivity index (χ4v) is 1.25. The van der Waals surface area contributed by atoms with Gasteiger partial charge >= 0.3 is 0 Å². The molecule has 0 saturated carbocycles. The Balaban J connectivity index is 0.000000980. The van der Waals surface area contributed by atoms with Gasteiger partial charge in [-0.1, -0.05) is 35.2 Å². The van der Waals surface area contributed by atoms with Crippen LogP contribution in [0.15, 0.2) is 36.4 Å². The van der Waals surface area contributed by atoms with E-state index in [0.29, 0.717) is 0 Å². The summed E-state index contributed by atoms with van der Waals surface area (Å²) in [6, 6.07) is 13.6. The van der Waals surface area contributed by atoms with Crippen LogP contribution in [0.4, 0.5) is 0 Å². The molecule has 0 amide bonds. The predicted octanol–water partition coefficient (Wildman–Crippen LogP) is 2.34. The van der Waals surface area contributed by atoms with E-state index in [1.807, 2.05) is 24.3 Å². The summed E-state index contributed by atoms with van der Waals surface area (Å²) in [7, 11) is 0. The van der Waals surface area contributed by atoms with Crippen LogP contribution < -0.4 is 0 Å². The van der Waals surface area contributed by atoms with Gasteiger partial charge in [0.2, 0.25) is 5.97 Å². The number of hydrogen-bond acceptors (Lipinski definition) is 1. The first-order valence-corrected chi connectivity index (χ1v) is 3.91. The minimum absolute atomic E-state index is 0. The average Bonchev–Trinajstić information content (AvgIpc) is 2.17. The number of carbonyl (C=O) groups is 1. The number of carboxylic acid groups (broad SMARTS) is 1. The SMILES string of the molecule is O=C(O)c1[c-]cc2ccccc2c1.[W]. The van der Waals surface area contributed by atoms with Crippen LogP contribution in [0.1, 0.15) is 10.4 Å². The molecule has 2 aromatic rings. The molecule has 0 saturated heterocycles. The van der Waals surface area contributed by atoms with Crippen LogP contribution >= 0.6 is 0 Å². The Morgan fingerprint density at radius 3 is 2.50 bits per heavy atom. The number of benzene rings is 2. The van der Waals surface area contributed by atoms with Crippen molar-refractivity contribution >= 4 is 16.7 Å². The second-order valence-corrected chi connectivity index (χ2v) is 2.78. The Hall–Kier alpha value is -1.14. The van der Waals surface area contributed by atoms with Crippen molar-refractivity contribution in [1.82, 2.24) is 0 Å². The number of aromatic carboxylic acids is 1. The molecule has 0 bridgehead atoms. The molecule has 0 radical (unpaired) electrons. The van der Waals surface area contributed by atoms with E-state index < -0.39 is 5.97 Å². The predicted molar refractivity (Wildman–Crippen MR) is 49.7 cm³/mol. The Labute approximate surface area is 95.8 Å². The summed E-state index contributed by atoms with van der Waals surface area (Å²) in [6.07, 6.45) is 0. The molecule has 2 aromatic carbocycles. The van der Waals surface area contributed by atoms with Crippen molar-refractivity contribution in [2.75, 3.05) is 0 Å². The molecule has 0 unspecified atom stereocenters. The van der Waals surface area contributed by atoms with Crippen molar-refractivity contribution < 1.29 is 31.0 Å². The van der Waals surface area contributed by atoms with Crippen LogP contribution in [0.2, 0.25) is 0 Å². The molecule has 0 heterocycles. The maximum atomic E-state index is 10.6. The van der Waals surface area contributed by atoms with Gasteiger partial charge in [-0.2, -0.15) is 0 Å². The van der Waals surface area contributed by atoms with Gasteiger partial charge in [-0.05, 0) is 0 Å². The van der Waals surface area contributed by atoms with Crippen LogP contribution in [0.3, 0.4) is 0 Å². The molecule has 0 aliphatic rings. The van der Waals surface area contributed by atoms with Crippen molar-refractivity contribution in [1.29, 1.82) is 0 Å². The third-order valence-electron chi connectivity index (χ3n) is 1.91. The van der Waals surface area contributed by atoms with E-state index in [1.54, 1.807) is 12.1 Å². The molecule has 0 fully saturated rings. The fourth-order valence-electron chi connectivity index (χ4n) is 1.25. The van der Waals surface area contributed by atoms with Crippen molar-refractivity contribution in [3.05, 3.63) is 48.0 Å². The van der Waals surface area contributed by atoms with Gasteiger partial charge in [-0.15, -0.1) is 23.6 Å². The van der Waals surface area contributed by atoms with E-state index in [-0.39, 0.29) is 26.6 Å². The zero-order valence-corrected chi connectivity index (χ0v) is 10.2. The van der Waals surface area contributed by atoms with Gasteiger partial charge in [0.05, 0.1) is 0 Å². The van der Waals surface area contributed by atoms with E-state index in [9.17, 15) is 4.79 Å². The molecule has 0 spiro atoms. The largest absolute Gasteiger partial charge is 0.521 e. The summed E-state index contributed by atoms with van der Waals surface area (Å²) < 4.78 is 0. The zero-order chi connectivity index (χ0) is 9.26. The molecule has 2 nitrogen and oxygen atoms in total. The maximum absolute atomic E-state index is 10.6. The topological polar surface area (TPSA) is 37.3 Å². The number of hydrogen-bond donors (Lipinski definition) is 1. The molecular formula is C11H7O2W-. The first-order valence-electron chi connectivity index (χ1n) is 3.91. The monoisotopic (exact) mass is 355 g/mol. The molecule has 0 aliphatic carbocycles. The van der Waals surface area contributed by atoms with Crippen LogP contribution in [0, 0.1) is 6.07 Å². The molecule has 3 heteroatoms. The standard InChI is InChI=1S/C11H7O2.W/c12-11(13)10-6-5-8-3-1-2-4-9(8)7-10;/h1-5,7H,(H,12,13);/q-1;. The smallest absolute Gasteiger partial charge is 0.247 e. The second-order valence-electron chi connectivity index (χ2n) is 2.78. The first-order chi connectivity index (χ1) is 6.27. The second kappa shape index (κ2) is 4.38. The van der Waals surface area contributed by atoms with Crippen LogP contribution in [0.5, 0.6) is 0 Å². The Morgan fingerprint density at radius 2 is 1.86 bits per heavy atom. The van der Waals surface area contributed by atoms with Crippen molar-refractivity contribution in [2.24, 2.45) is 0 Å². The Morgan fingerprint density at radius 1 is 1.21 bits per heavy atom. The summed E-state index contributed by atoms with van der Waals surface area (Å²) in [4.78, 5) is 10.6. The molecule has 0 aromatic heterocycles. The molecule has 70 valence electrons. The number of rotatable bonds is 1. The van der Waals surface area contributed by atoms with E-state index >= 15 is 0 Å². The first kappa shape index (κ1) is 10.9. The third kappa shape index (κ3) is 2.02. The van der Waals surface area contributed by atoms with Gasteiger partial charge in [-0.3, -0.25) is 0 Å². The fraction of sp³-hybridized carbons (Fsp3) is 0. The minimum atomic E-state index is -0.939. The Kier molecular flexibility index (Phi) is 3.42. The molecule has 0 atom stereocenters. The van der Waals surface area contributed by atoms with Gasteiger partial charge in [-0.25, -0.2) is 0 Å². The summed E-state index contributed by atoms with van der Waals surface area (Å²) >= 11 is 0. The molecule has 0 aliphatic heterocycles. The summed E-state index contributed by atoms with van der Waals surface area (Å²) in [5.41, 5.74) is 0.207. The Bertz CT molecular complexity index is 466. The zero-order valence-electron chi connectivity index (χ0n) is 7.23. The normalized spacial score (nSPS) is 9.43. The third-order valence-corrected chi connectivity index (χ3v) is 1.91. The van der Waals surface area contributed by atoms with Gasteiger partial charge in [0, 0.05) is 21.1 Å².